The Hall–Kier alpha value is -3.60. The van der Waals surface area contributed by atoms with E-state index in [2.05, 4.69) is 20.9 Å². The SMILES string of the molecule is COc1cccc(F)c1-c1ncc(-c2ccc(C3CCOCC3)cc2N2C[C@@H](N)C[C@H]2CO)c(C(N)=O)n1. The van der Waals surface area contributed by atoms with Gasteiger partial charge in [0.2, 0.25) is 0 Å². The Bertz CT molecular complexity index is 1330. The molecule has 200 valence electrons. The molecule has 3 heterocycles. The van der Waals surface area contributed by atoms with Gasteiger partial charge in [-0.3, -0.25) is 4.79 Å². The number of methoxy groups -OCH3 is 1. The van der Waals surface area contributed by atoms with Crippen LogP contribution < -0.4 is 21.1 Å². The van der Waals surface area contributed by atoms with Gasteiger partial charge in [-0.2, -0.15) is 0 Å². The highest BCUT2D eigenvalue weighted by molar-refractivity contribution is 6.00. The third-order valence-corrected chi connectivity index (χ3v) is 7.41. The van der Waals surface area contributed by atoms with E-state index < -0.39 is 11.7 Å². The molecule has 0 radical (unpaired) electrons. The van der Waals surface area contributed by atoms with E-state index in [9.17, 15) is 14.3 Å². The molecule has 0 unspecified atom stereocenters. The fraction of sp³-hybridized carbons (Fsp3) is 0.393. The van der Waals surface area contributed by atoms with Crippen molar-refractivity contribution in [2.24, 2.45) is 11.5 Å². The van der Waals surface area contributed by atoms with Gasteiger partial charge in [-0.05, 0) is 48.9 Å². The van der Waals surface area contributed by atoms with Crippen LogP contribution in [0.4, 0.5) is 10.1 Å². The van der Waals surface area contributed by atoms with E-state index in [1.54, 1.807) is 6.07 Å². The average Bonchev–Trinajstić information content (AvgIpc) is 3.33. The van der Waals surface area contributed by atoms with Crippen LogP contribution in [0.15, 0.2) is 42.6 Å². The van der Waals surface area contributed by atoms with Crippen molar-refractivity contribution in [3.8, 4) is 28.3 Å². The molecular formula is C28H32FN5O4. The summed E-state index contributed by atoms with van der Waals surface area (Å²) >= 11 is 0. The van der Waals surface area contributed by atoms with Crippen LogP contribution in [0.5, 0.6) is 5.75 Å². The van der Waals surface area contributed by atoms with Gasteiger partial charge in [-0.1, -0.05) is 18.2 Å². The minimum Gasteiger partial charge on any atom is -0.496 e. The molecule has 0 bridgehead atoms. The average molecular weight is 522 g/mol. The molecule has 2 fully saturated rings. The van der Waals surface area contributed by atoms with Crippen LogP contribution in [0.3, 0.4) is 0 Å². The number of ether oxygens (including phenoxy) is 2. The molecule has 0 spiro atoms. The number of nitrogens with two attached hydrogens (primary N) is 2. The molecule has 0 aliphatic carbocycles. The lowest BCUT2D eigenvalue weighted by Gasteiger charge is -2.30. The molecule has 1 aromatic heterocycles. The Balaban J connectivity index is 1.66. The Morgan fingerprint density at radius 2 is 2.03 bits per heavy atom. The molecule has 2 aliphatic rings. The lowest BCUT2D eigenvalue weighted by Crippen LogP contribution is -2.33. The first-order chi connectivity index (χ1) is 18.4. The summed E-state index contributed by atoms with van der Waals surface area (Å²) in [6, 6.07) is 10.2. The monoisotopic (exact) mass is 521 g/mol. The quantitative estimate of drug-likeness (QED) is 0.432. The minimum atomic E-state index is -0.768. The number of aliphatic hydroxyl groups is 1. The van der Waals surface area contributed by atoms with Crippen molar-refractivity contribution in [2.75, 3.05) is 38.4 Å². The number of rotatable bonds is 7. The van der Waals surface area contributed by atoms with Crippen molar-refractivity contribution in [3.63, 3.8) is 0 Å². The topological polar surface area (TPSA) is 137 Å². The van der Waals surface area contributed by atoms with Crippen LogP contribution in [-0.2, 0) is 4.74 Å². The smallest absolute Gasteiger partial charge is 0.268 e. The number of carbonyl (C=O) groups excluding carboxylic acids is 1. The zero-order chi connectivity index (χ0) is 26.8. The van der Waals surface area contributed by atoms with Crippen LogP contribution in [-0.4, -0.2) is 66.5 Å². The number of nitrogens with zero attached hydrogens (tertiary/aromatic N) is 3. The van der Waals surface area contributed by atoms with E-state index in [4.69, 9.17) is 20.9 Å². The van der Waals surface area contributed by atoms with Crippen molar-refractivity contribution in [1.29, 1.82) is 0 Å². The zero-order valence-electron chi connectivity index (χ0n) is 21.3. The first kappa shape index (κ1) is 26.0. The largest absolute Gasteiger partial charge is 0.496 e. The Kier molecular flexibility index (Phi) is 7.55. The van der Waals surface area contributed by atoms with Crippen LogP contribution >= 0.6 is 0 Å². The van der Waals surface area contributed by atoms with Gasteiger partial charge in [0.1, 0.15) is 17.3 Å². The number of hydrogen-bond donors (Lipinski definition) is 3. The van der Waals surface area contributed by atoms with Crippen molar-refractivity contribution in [1.82, 2.24) is 9.97 Å². The first-order valence-electron chi connectivity index (χ1n) is 12.8. The second kappa shape index (κ2) is 11.0. The number of anilines is 1. The zero-order valence-corrected chi connectivity index (χ0v) is 21.3. The van der Waals surface area contributed by atoms with Crippen LogP contribution in [0.25, 0.3) is 22.5 Å². The second-order valence-electron chi connectivity index (χ2n) is 9.79. The fourth-order valence-electron chi connectivity index (χ4n) is 5.50. The molecule has 5 rings (SSSR count). The van der Waals surface area contributed by atoms with Crippen LogP contribution in [0.2, 0.25) is 0 Å². The van der Waals surface area contributed by atoms with E-state index in [-0.39, 0.29) is 41.5 Å². The molecule has 2 atom stereocenters. The molecule has 2 aliphatic heterocycles. The summed E-state index contributed by atoms with van der Waals surface area (Å²) in [4.78, 5) is 23.6. The normalized spacial score (nSPS) is 20.1. The minimum absolute atomic E-state index is 0.00527. The van der Waals surface area contributed by atoms with E-state index in [0.717, 1.165) is 24.1 Å². The summed E-state index contributed by atoms with van der Waals surface area (Å²) in [5.41, 5.74) is 15.2. The number of carbonyl (C=O) groups is 1. The first-order valence-corrected chi connectivity index (χ1v) is 12.8. The highest BCUT2D eigenvalue weighted by Crippen LogP contribution is 2.40. The highest BCUT2D eigenvalue weighted by Gasteiger charge is 2.33. The third kappa shape index (κ3) is 4.94. The van der Waals surface area contributed by atoms with E-state index in [0.29, 0.717) is 43.2 Å². The summed E-state index contributed by atoms with van der Waals surface area (Å²) in [5.74, 6) is -0.773. The molecule has 10 heteroatoms. The number of halogens is 1. The maximum atomic E-state index is 14.8. The van der Waals surface area contributed by atoms with Crippen LogP contribution in [0.1, 0.15) is 41.2 Å². The lowest BCUT2D eigenvalue weighted by atomic mass is 9.89. The van der Waals surface area contributed by atoms with Gasteiger partial charge in [-0.15, -0.1) is 0 Å². The van der Waals surface area contributed by atoms with E-state index in [1.165, 1.54) is 25.4 Å². The van der Waals surface area contributed by atoms with Gasteiger partial charge in [0.05, 0.1) is 25.3 Å². The number of benzene rings is 2. The predicted molar refractivity (Wildman–Crippen MR) is 142 cm³/mol. The number of hydrogen-bond acceptors (Lipinski definition) is 8. The predicted octanol–water partition coefficient (Wildman–Crippen LogP) is 2.85. The van der Waals surface area contributed by atoms with Gasteiger partial charge in [-0.25, -0.2) is 14.4 Å². The molecule has 3 aromatic rings. The molecule has 5 N–H and O–H groups in total. The fourth-order valence-corrected chi connectivity index (χ4v) is 5.50. The summed E-state index contributed by atoms with van der Waals surface area (Å²) in [7, 11) is 1.42. The highest BCUT2D eigenvalue weighted by atomic mass is 19.1. The summed E-state index contributed by atoms with van der Waals surface area (Å²) in [5, 5.41) is 10.1. The molecule has 0 saturated carbocycles. The van der Waals surface area contributed by atoms with Gasteiger partial charge >= 0.3 is 0 Å². The molecule has 2 aromatic carbocycles. The lowest BCUT2D eigenvalue weighted by molar-refractivity contribution is 0.0853. The van der Waals surface area contributed by atoms with Gasteiger partial charge in [0.15, 0.2) is 5.82 Å². The van der Waals surface area contributed by atoms with Crippen molar-refractivity contribution >= 4 is 11.6 Å². The Morgan fingerprint density at radius 3 is 2.74 bits per heavy atom. The Labute approximate surface area is 220 Å². The Morgan fingerprint density at radius 1 is 1.24 bits per heavy atom. The second-order valence-corrected chi connectivity index (χ2v) is 9.79. The summed E-state index contributed by atoms with van der Waals surface area (Å²) in [6.07, 6.45) is 3.96. The molecule has 38 heavy (non-hydrogen) atoms. The maximum absolute atomic E-state index is 14.8. The molecule has 1 amide bonds. The number of amides is 1. The molecule has 9 nitrogen and oxygen atoms in total. The molecular weight excluding hydrogens is 489 g/mol. The van der Waals surface area contributed by atoms with Crippen LogP contribution in [0, 0.1) is 5.82 Å². The van der Waals surface area contributed by atoms with Gasteiger partial charge < -0.3 is 30.9 Å². The van der Waals surface area contributed by atoms with Gasteiger partial charge in [0.25, 0.3) is 5.91 Å². The third-order valence-electron chi connectivity index (χ3n) is 7.41. The van der Waals surface area contributed by atoms with E-state index >= 15 is 0 Å². The maximum Gasteiger partial charge on any atom is 0.268 e. The standard InChI is InChI=1S/C28H32FN5O4/c1-37-24-4-2-3-22(29)25(24)28-32-13-21(26(33-28)27(31)36)20-6-5-17(16-7-9-38-10-8-16)11-23(20)34-14-18(30)12-19(34)15-35/h2-6,11,13,16,18-19,35H,7-10,12,14-15,30H2,1H3,(H2,31,36)/t18-,19-/m0/s1. The van der Waals surface area contributed by atoms with Crippen molar-refractivity contribution < 1.29 is 23.8 Å². The summed E-state index contributed by atoms with van der Waals surface area (Å²) in [6.45, 7) is 1.90. The molecule has 2 saturated heterocycles. The van der Waals surface area contributed by atoms with Gasteiger partial charge in [0, 0.05) is 48.8 Å². The number of primary amides is 1. The summed E-state index contributed by atoms with van der Waals surface area (Å²) < 4.78 is 25.6. The van der Waals surface area contributed by atoms with Crippen molar-refractivity contribution in [3.05, 3.63) is 59.7 Å². The van der Waals surface area contributed by atoms with Crippen molar-refractivity contribution in [2.45, 2.75) is 37.3 Å². The number of aliphatic hydroxyl groups excluding tert-OH is 1. The van der Waals surface area contributed by atoms with E-state index in [1.807, 2.05) is 12.1 Å². The number of aromatic nitrogens is 2.